The first-order chi connectivity index (χ1) is 5.56. The summed E-state index contributed by atoms with van der Waals surface area (Å²) < 4.78 is 0. The molecule has 1 N–H and O–H groups in total. The van der Waals surface area contributed by atoms with E-state index in [1.165, 1.54) is 0 Å². The van der Waals surface area contributed by atoms with Crippen LogP contribution in [0.3, 0.4) is 0 Å². The molecule has 0 aromatic rings. The average molecular weight is 202 g/mol. The lowest BCUT2D eigenvalue weighted by molar-refractivity contribution is 0.312. The zero-order valence-corrected chi connectivity index (χ0v) is 11.4. The maximum atomic E-state index is 9.16. The predicted molar refractivity (Wildman–Crippen MR) is 62.9 cm³/mol. The van der Waals surface area contributed by atoms with E-state index in [1.807, 2.05) is 0 Å². The van der Waals surface area contributed by atoms with Gasteiger partial charge in [-0.1, -0.05) is 48.1 Å². The first-order valence-corrected chi connectivity index (χ1v) is 7.88. The molecule has 0 amide bonds. The first-order valence-electron chi connectivity index (χ1n) is 5.17. The normalized spacial score (nSPS) is 14.8. The Morgan fingerprint density at radius 1 is 0.923 bits per heavy atom. The van der Waals surface area contributed by atoms with E-state index >= 15 is 0 Å². The van der Waals surface area contributed by atoms with Gasteiger partial charge in [-0.3, -0.25) is 0 Å². The molecule has 0 spiro atoms. The second kappa shape index (κ2) is 3.74. The average Bonchev–Trinajstić information content (AvgIpc) is 1.82. The standard InChI is InChI=1S/C11H26OSi/c1-10(2,3)13(7,9-8-12)11(4,5)6/h12H,8-9H2,1-7H3. The Hall–Kier alpha value is 0.177. The molecule has 0 saturated carbocycles. The van der Waals surface area contributed by atoms with E-state index < -0.39 is 8.07 Å². The zero-order valence-electron chi connectivity index (χ0n) is 10.4. The van der Waals surface area contributed by atoms with E-state index in [9.17, 15) is 0 Å². The number of aliphatic hydroxyl groups is 1. The Balaban J connectivity index is 4.96. The first kappa shape index (κ1) is 13.2. The number of rotatable bonds is 2. The van der Waals surface area contributed by atoms with E-state index in [-0.39, 0.29) is 0 Å². The van der Waals surface area contributed by atoms with Gasteiger partial charge in [0.25, 0.3) is 0 Å². The molecule has 2 heteroatoms. The van der Waals surface area contributed by atoms with Gasteiger partial charge in [0.05, 0.1) is 8.07 Å². The van der Waals surface area contributed by atoms with Crippen LogP contribution in [-0.4, -0.2) is 19.8 Å². The third-order valence-electron chi connectivity index (χ3n) is 3.92. The summed E-state index contributed by atoms with van der Waals surface area (Å²) in [4.78, 5) is 0. The van der Waals surface area contributed by atoms with Crippen LogP contribution in [0.15, 0.2) is 0 Å². The van der Waals surface area contributed by atoms with Crippen LogP contribution in [0.4, 0.5) is 0 Å². The van der Waals surface area contributed by atoms with Gasteiger partial charge in [-0.05, 0) is 16.1 Å². The Kier molecular flexibility index (Phi) is 3.79. The highest BCUT2D eigenvalue weighted by molar-refractivity contribution is 6.84. The van der Waals surface area contributed by atoms with Crippen molar-refractivity contribution in [2.45, 2.75) is 64.2 Å². The molecule has 0 fully saturated rings. The molecule has 1 nitrogen and oxygen atoms in total. The number of hydrogen-bond donors (Lipinski definition) is 1. The second-order valence-corrected chi connectivity index (χ2v) is 12.5. The quantitative estimate of drug-likeness (QED) is 0.678. The van der Waals surface area contributed by atoms with Gasteiger partial charge in [0, 0.05) is 6.61 Å². The van der Waals surface area contributed by atoms with Crippen molar-refractivity contribution in [3.63, 3.8) is 0 Å². The van der Waals surface area contributed by atoms with Crippen molar-refractivity contribution in [1.29, 1.82) is 0 Å². The Morgan fingerprint density at radius 2 is 1.23 bits per heavy atom. The molecule has 0 heterocycles. The van der Waals surface area contributed by atoms with Crippen LogP contribution in [0.5, 0.6) is 0 Å². The van der Waals surface area contributed by atoms with Gasteiger partial charge in [0.2, 0.25) is 0 Å². The monoisotopic (exact) mass is 202 g/mol. The molecule has 0 aliphatic heterocycles. The van der Waals surface area contributed by atoms with Crippen LogP contribution in [0.25, 0.3) is 0 Å². The number of hydrogen-bond acceptors (Lipinski definition) is 1. The zero-order chi connectivity index (χ0) is 10.9. The Morgan fingerprint density at radius 3 is 1.31 bits per heavy atom. The SMILES string of the molecule is CC(C)(C)[Si](C)(CCO)C(C)(C)C. The lowest BCUT2D eigenvalue weighted by Crippen LogP contribution is -2.49. The van der Waals surface area contributed by atoms with Crippen LogP contribution < -0.4 is 0 Å². The summed E-state index contributed by atoms with van der Waals surface area (Å²) in [6, 6.07) is 1.01. The van der Waals surface area contributed by atoms with Gasteiger partial charge in [0.1, 0.15) is 0 Å². The van der Waals surface area contributed by atoms with Gasteiger partial charge in [-0.2, -0.15) is 0 Å². The van der Waals surface area contributed by atoms with Crippen LogP contribution in [0.2, 0.25) is 22.7 Å². The molecule has 0 saturated heterocycles. The molecule has 0 unspecified atom stereocenters. The van der Waals surface area contributed by atoms with Crippen LogP contribution in [0.1, 0.15) is 41.5 Å². The third kappa shape index (κ3) is 2.56. The summed E-state index contributed by atoms with van der Waals surface area (Å²) in [7, 11) is -1.40. The molecular formula is C11H26OSi. The third-order valence-corrected chi connectivity index (χ3v) is 11.8. The van der Waals surface area contributed by atoms with Crippen LogP contribution in [0, 0.1) is 0 Å². The molecule has 0 aliphatic rings. The molecule has 0 rings (SSSR count). The molecule has 0 aromatic heterocycles. The minimum atomic E-state index is -1.40. The fraction of sp³-hybridized carbons (Fsp3) is 1.00. The fourth-order valence-corrected chi connectivity index (χ4v) is 6.30. The smallest absolute Gasteiger partial charge is 0.0635 e. The molecule has 13 heavy (non-hydrogen) atoms. The van der Waals surface area contributed by atoms with Crippen LogP contribution >= 0.6 is 0 Å². The molecule has 0 radical (unpaired) electrons. The van der Waals surface area contributed by atoms with Crippen molar-refractivity contribution in [1.82, 2.24) is 0 Å². The summed E-state index contributed by atoms with van der Waals surface area (Å²) in [5, 5.41) is 9.90. The highest BCUT2D eigenvalue weighted by Crippen LogP contribution is 2.52. The van der Waals surface area contributed by atoms with Gasteiger partial charge in [-0.15, -0.1) is 0 Å². The van der Waals surface area contributed by atoms with Gasteiger partial charge < -0.3 is 5.11 Å². The predicted octanol–water partition coefficient (Wildman–Crippen LogP) is 3.66. The largest absolute Gasteiger partial charge is 0.397 e. The molecule has 0 bridgehead atoms. The van der Waals surface area contributed by atoms with Crippen LogP contribution in [-0.2, 0) is 0 Å². The highest BCUT2D eigenvalue weighted by Gasteiger charge is 2.47. The summed E-state index contributed by atoms with van der Waals surface area (Å²) in [6.07, 6.45) is 0. The summed E-state index contributed by atoms with van der Waals surface area (Å²) >= 11 is 0. The molecule has 80 valence electrons. The van der Waals surface area contributed by atoms with Gasteiger partial charge in [-0.25, -0.2) is 0 Å². The van der Waals surface area contributed by atoms with E-state index in [4.69, 9.17) is 5.11 Å². The molecule has 0 aliphatic carbocycles. The minimum Gasteiger partial charge on any atom is -0.397 e. The van der Waals surface area contributed by atoms with E-state index in [0.717, 1.165) is 6.04 Å². The van der Waals surface area contributed by atoms with E-state index in [1.54, 1.807) is 0 Å². The maximum Gasteiger partial charge on any atom is 0.0635 e. The number of aliphatic hydroxyl groups excluding tert-OH is 1. The summed E-state index contributed by atoms with van der Waals surface area (Å²) in [5.74, 6) is 0. The van der Waals surface area contributed by atoms with Crippen molar-refractivity contribution in [3.05, 3.63) is 0 Å². The van der Waals surface area contributed by atoms with Crippen molar-refractivity contribution in [3.8, 4) is 0 Å². The molecule has 0 aromatic carbocycles. The van der Waals surface area contributed by atoms with E-state index in [2.05, 4.69) is 48.1 Å². The van der Waals surface area contributed by atoms with Gasteiger partial charge >= 0.3 is 0 Å². The lowest BCUT2D eigenvalue weighted by atomic mass is 10.2. The maximum absolute atomic E-state index is 9.16. The summed E-state index contributed by atoms with van der Waals surface area (Å²) in [6.45, 7) is 16.7. The molecule has 0 atom stereocenters. The second-order valence-electron chi connectivity index (χ2n) is 6.31. The topological polar surface area (TPSA) is 20.2 Å². The fourth-order valence-electron chi connectivity index (χ4n) is 2.10. The highest BCUT2D eigenvalue weighted by atomic mass is 28.3. The van der Waals surface area contributed by atoms with Crippen molar-refractivity contribution in [2.24, 2.45) is 0 Å². The van der Waals surface area contributed by atoms with Crippen molar-refractivity contribution < 1.29 is 5.11 Å². The van der Waals surface area contributed by atoms with Crippen molar-refractivity contribution >= 4 is 8.07 Å². The molecular weight excluding hydrogens is 176 g/mol. The Bertz CT molecular complexity index is 148. The van der Waals surface area contributed by atoms with E-state index in [0.29, 0.717) is 16.7 Å². The van der Waals surface area contributed by atoms with Crippen molar-refractivity contribution in [2.75, 3.05) is 6.61 Å². The Labute approximate surface area is 84.6 Å². The van der Waals surface area contributed by atoms with Gasteiger partial charge in [0.15, 0.2) is 0 Å². The lowest BCUT2D eigenvalue weighted by Gasteiger charge is -2.49. The summed E-state index contributed by atoms with van der Waals surface area (Å²) in [5.41, 5.74) is 0. The minimum absolute atomic E-state index is 0.345.